The van der Waals surface area contributed by atoms with Crippen LogP contribution >= 0.6 is 0 Å². The topological polar surface area (TPSA) is 91.0 Å². The van der Waals surface area contributed by atoms with E-state index >= 15 is 0 Å². The van der Waals surface area contributed by atoms with E-state index in [1.165, 1.54) is 30.3 Å². The van der Waals surface area contributed by atoms with Gasteiger partial charge in [-0.15, -0.1) is 0 Å². The first-order valence-electron chi connectivity index (χ1n) is 9.28. The van der Waals surface area contributed by atoms with Crippen molar-refractivity contribution in [3.05, 3.63) is 51.8 Å². The molecule has 0 saturated carbocycles. The number of hydrogen-bond acceptors (Lipinski definition) is 5. The quantitative estimate of drug-likeness (QED) is 0.871. The van der Waals surface area contributed by atoms with Crippen LogP contribution in [0.3, 0.4) is 0 Å². The van der Waals surface area contributed by atoms with Crippen LogP contribution in [-0.2, 0) is 12.8 Å². The zero-order valence-electron chi connectivity index (χ0n) is 14.7. The Kier molecular flexibility index (Phi) is 4.69. The van der Waals surface area contributed by atoms with E-state index in [9.17, 15) is 9.59 Å². The van der Waals surface area contributed by atoms with Crippen molar-refractivity contribution in [1.29, 1.82) is 0 Å². The first-order chi connectivity index (χ1) is 12.7. The maximum Gasteiger partial charge on any atom is 0.260 e. The van der Waals surface area contributed by atoms with Gasteiger partial charge in [-0.3, -0.25) is 9.59 Å². The number of H-pyrrole nitrogens is 1. The molecule has 7 nitrogen and oxygen atoms in total. The summed E-state index contributed by atoms with van der Waals surface area (Å²) in [6, 6.07) is 3.30. The van der Waals surface area contributed by atoms with Crippen LogP contribution in [0.25, 0.3) is 0 Å². The smallest absolute Gasteiger partial charge is 0.260 e. The zero-order valence-corrected chi connectivity index (χ0v) is 14.7. The molecule has 2 aromatic heterocycles. The number of aromatic amines is 1. The number of nitrogens with one attached hydrogen (secondary N) is 2. The van der Waals surface area contributed by atoms with Gasteiger partial charge < -0.3 is 15.2 Å². The molecule has 1 aliphatic heterocycles. The average Bonchev–Trinajstić information content (AvgIpc) is 2.68. The lowest BCUT2D eigenvalue weighted by Crippen LogP contribution is -2.46. The molecule has 1 amide bonds. The van der Waals surface area contributed by atoms with Gasteiger partial charge in [0.25, 0.3) is 11.5 Å². The largest absolute Gasteiger partial charge is 0.356 e. The van der Waals surface area contributed by atoms with E-state index in [2.05, 4.69) is 25.2 Å². The van der Waals surface area contributed by atoms with Gasteiger partial charge in [-0.1, -0.05) is 0 Å². The van der Waals surface area contributed by atoms with Crippen LogP contribution in [-0.4, -0.2) is 40.0 Å². The molecule has 0 bridgehead atoms. The Morgan fingerprint density at radius 2 is 2.00 bits per heavy atom. The molecule has 136 valence electrons. The second-order valence-corrected chi connectivity index (χ2v) is 6.98. The van der Waals surface area contributed by atoms with Crippen molar-refractivity contribution in [2.45, 2.75) is 44.6 Å². The Bertz CT molecular complexity index is 855. The molecular weight excluding hydrogens is 330 g/mol. The molecule has 1 fully saturated rings. The standard InChI is InChI=1S/C19H23N5O2/c25-18-15(5-3-9-20-18)19(26)23-13-7-10-24(11-8-13)17-14-4-1-2-6-16(14)21-12-22-17/h3,5,9,12-13H,1-2,4,6-8,10-11H2,(H,20,25)(H,23,26). The number of amides is 1. The molecule has 0 spiro atoms. The van der Waals surface area contributed by atoms with Crippen LogP contribution in [0.4, 0.5) is 5.82 Å². The highest BCUT2D eigenvalue weighted by Crippen LogP contribution is 2.28. The molecule has 2 N–H and O–H groups in total. The summed E-state index contributed by atoms with van der Waals surface area (Å²) in [5.74, 6) is 0.767. The first kappa shape index (κ1) is 16.8. The second kappa shape index (κ2) is 7.27. The van der Waals surface area contributed by atoms with Crippen LogP contribution in [0.2, 0.25) is 0 Å². The van der Waals surface area contributed by atoms with Crippen LogP contribution in [0.15, 0.2) is 29.5 Å². The maximum absolute atomic E-state index is 12.3. The molecule has 3 heterocycles. The highest BCUT2D eigenvalue weighted by Gasteiger charge is 2.25. The highest BCUT2D eigenvalue weighted by molar-refractivity contribution is 5.93. The number of piperidine rings is 1. The van der Waals surface area contributed by atoms with Gasteiger partial charge in [0, 0.05) is 36.6 Å². The van der Waals surface area contributed by atoms with Gasteiger partial charge in [0.05, 0.1) is 0 Å². The van der Waals surface area contributed by atoms with Crippen molar-refractivity contribution in [2.75, 3.05) is 18.0 Å². The number of carbonyl (C=O) groups is 1. The van der Waals surface area contributed by atoms with E-state index in [0.29, 0.717) is 0 Å². The van der Waals surface area contributed by atoms with Crippen molar-refractivity contribution in [2.24, 2.45) is 0 Å². The van der Waals surface area contributed by atoms with E-state index in [0.717, 1.165) is 44.6 Å². The fraction of sp³-hybridized carbons (Fsp3) is 0.474. The molecule has 4 rings (SSSR count). The fourth-order valence-electron chi connectivity index (χ4n) is 3.88. The van der Waals surface area contributed by atoms with Crippen LogP contribution in [0.1, 0.15) is 47.3 Å². The summed E-state index contributed by atoms with van der Waals surface area (Å²) in [7, 11) is 0. The lowest BCUT2D eigenvalue weighted by Gasteiger charge is -2.35. The van der Waals surface area contributed by atoms with E-state index in [1.54, 1.807) is 18.5 Å². The minimum Gasteiger partial charge on any atom is -0.356 e. The van der Waals surface area contributed by atoms with Gasteiger partial charge in [-0.25, -0.2) is 9.97 Å². The van der Waals surface area contributed by atoms with Gasteiger partial charge >= 0.3 is 0 Å². The minimum atomic E-state index is -0.352. The van der Waals surface area contributed by atoms with Crippen molar-refractivity contribution in [3.63, 3.8) is 0 Å². The second-order valence-electron chi connectivity index (χ2n) is 6.98. The molecule has 0 atom stereocenters. The number of hydrogen-bond donors (Lipinski definition) is 2. The van der Waals surface area contributed by atoms with E-state index in [1.807, 2.05) is 0 Å². The van der Waals surface area contributed by atoms with Crippen molar-refractivity contribution in [3.8, 4) is 0 Å². The summed E-state index contributed by atoms with van der Waals surface area (Å²) in [6.45, 7) is 1.69. The van der Waals surface area contributed by atoms with Gasteiger partial charge in [-0.05, 0) is 50.7 Å². The van der Waals surface area contributed by atoms with Crippen LogP contribution < -0.4 is 15.8 Å². The zero-order chi connectivity index (χ0) is 17.9. The van der Waals surface area contributed by atoms with Gasteiger partial charge in [0.15, 0.2) is 0 Å². The summed E-state index contributed by atoms with van der Waals surface area (Å²) in [5, 5.41) is 2.99. The van der Waals surface area contributed by atoms with E-state index in [-0.39, 0.29) is 23.1 Å². The summed E-state index contributed by atoms with van der Waals surface area (Å²) in [6.07, 6.45) is 9.39. The molecule has 0 aromatic carbocycles. The van der Waals surface area contributed by atoms with Crippen molar-refractivity contribution in [1.82, 2.24) is 20.3 Å². The molecule has 26 heavy (non-hydrogen) atoms. The minimum absolute atomic E-state index is 0.0796. The molecule has 0 unspecified atom stereocenters. The number of anilines is 1. The Morgan fingerprint density at radius 1 is 1.19 bits per heavy atom. The number of rotatable bonds is 3. The summed E-state index contributed by atoms with van der Waals surface area (Å²) >= 11 is 0. The van der Waals surface area contributed by atoms with Gasteiger partial charge in [0.2, 0.25) is 0 Å². The van der Waals surface area contributed by atoms with Crippen LogP contribution in [0, 0.1) is 0 Å². The lowest BCUT2D eigenvalue weighted by molar-refractivity contribution is 0.0929. The predicted octanol–water partition coefficient (Wildman–Crippen LogP) is 1.44. The lowest BCUT2D eigenvalue weighted by atomic mass is 9.95. The van der Waals surface area contributed by atoms with Crippen molar-refractivity contribution < 1.29 is 4.79 Å². The summed E-state index contributed by atoms with van der Waals surface area (Å²) in [4.78, 5) is 37.9. The first-order valence-corrected chi connectivity index (χ1v) is 9.28. The third kappa shape index (κ3) is 3.34. The molecule has 2 aromatic rings. The summed E-state index contributed by atoms with van der Waals surface area (Å²) < 4.78 is 0. The number of fused-ring (bicyclic) bond motifs is 1. The Labute approximate surface area is 151 Å². The number of pyridine rings is 1. The summed E-state index contributed by atoms with van der Waals surface area (Å²) in [5.41, 5.74) is 2.31. The molecular formula is C19H23N5O2. The normalized spacial score (nSPS) is 17.6. The van der Waals surface area contributed by atoms with Crippen molar-refractivity contribution >= 4 is 11.7 Å². The number of carbonyl (C=O) groups excluding carboxylic acids is 1. The Hall–Kier alpha value is -2.70. The SMILES string of the molecule is O=C(NC1CCN(c2ncnc3c2CCCC3)CC1)c1ccc[nH]c1=O. The van der Waals surface area contributed by atoms with Gasteiger partial charge in [0.1, 0.15) is 17.7 Å². The number of aromatic nitrogens is 3. The number of nitrogens with zero attached hydrogens (tertiary/aromatic N) is 3. The average molecular weight is 353 g/mol. The monoisotopic (exact) mass is 353 g/mol. The maximum atomic E-state index is 12.3. The van der Waals surface area contributed by atoms with Gasteiger partial charge in [-0.2, -0.15) is 0 Å². The molecule has 1 saturated heterocycles. The molecule has 1 aliphatic carbocycles. The van der Waals surface area contributed by atoms with E-state index in [4.69, 9.17) is 0 Å². The van der Waals surface area contributed by atoms with E-state index < -0.39 is 0 Å². The Morgan fingerprint density at radius 3 is 2.81 bits per heavy atom. The number of aryl methyl sites for hydroxylation is 1. The third-order valence-corrected chi connectivity index (χ3v) is 5.29. The third-order valence-electron chi connectivity index (χ3n) is 5.29. The predicted molar refractivity (Wildman–Crippen MR) is 98.4 cm³/mol. The van der Waals surface area contributed by atoms with Crippen LogP contribution in [0.5, 0.6) is 0 Å². The molecule has 7 heteroatoms. The molecule has 0 radical (unpaired) electrons. The fourth-order valence-corrected chi connectivity index (χ4v) is 3.88. The Balaban J connectivity index is 1.40. The highest BCUT2D eigenvalue weighted by atomic mass is 16.2. The molecule has 2 aliphatic rings.